The van der Waals surface area contributed by atoms with Crippen molar-refractivity contribution >= 4 is 67.8 Å². The smallest absolute Gasteiger partial charge is 0.266 e. The van der Waals surface area contributed by atoms with E-state index in [0.29, 0.717) is 17.3 Å². The van der Waals surface area contributed by atoms with Crippen molar-refractivity contribution < 1.29 is 9.53 Å². The first kappa shape index (κ1) is 19.8. The molecule has 7 heteroatoms. The second-order valence-electron chi connectivity index (χ2n) is 4.88. The number of carbonyl (C=O) groups excluding carboxylic acids is 1. The van der Waals surface area contributed by atoms with Crippen LogP contribution in [-0.4, -0.2) is 12.5 Å². The molecule has 0 saturated carbocycles. The van der Waals surface area contributed by atoms with Gasteiger partial charge < -0.3 is 10.1 Å². The maximum absolute atomic E-state index is 12.3. The van der Waals surface area contributed by atoms with Gasteiger partial charge in [-0.15, -0.1) is 0 Å². The minimum absolute atomic E-state index is 0.00756. The quantitative estimate of drug-likeness (QED) is 0.308. The second kappa shape index (κ2) is 9.22. The van der Waals surface area contributed by atoms with Crippen molar-refractivity contribution in [1.29, 1.82) is 5.26 Å². The van der Waals surface area contributed by atoms with Crippen molar-refractivity contribution in [1.82, 2.24) is 0 Å². The lowest BCUT2D eigenvalue weighted by atomic mass is 10.1. The van der Waals surface area contributed by atoms with E-state index in [4.69, 9.17) is 16.3 Å². The molecule has 4 nitrogen and oxygen atoms in total. The molecule has 0 atom stereocenters. The fourth-order valence-electron chi connectivity index (χ4n) is 2.02. The molecule has 0 aliphatic heterocycles. The molecule has 0 heterocycles. The van der Waals surface area contributed by atoms with E-state index in [0.717, 1.165) is 19.4 Å². The Morgan fingerprint density at radius 2 is 2.20 bits per heavy atom. The van der Waals surface area contributed by atoms with E-state index < -0.39 is 5.91 Å². The third kappa shape index (κ3) is 5.46. The summed E-state index contributed by atoms with van der Waals surface area (Å²) in [7, 11) is 0. The van der Waals surface area contributed by atoms with E-state index in [9.17, 15) is 10.1 Å². The van der Waals surface area contributed by atoms with Crippen molar-refractivity contribution in [2.24, 2.45) is 0 Å². The zero-order valence-corrected chi connectivity index (χ0v) is 17.6. The number of nitriles is 1. The molecule has 2 aromatic rings. The van der Waals surface area contributed by atoms with Gasteiger partial charge in [0.25, 0.3) is 5.91 Å². The normalized spacial score (nSPS) is 10.9. The summed E-state index contributed by atoms with van der Waals surface area (Å²) in [5.41, 5.74) is 1.24. The first-order valence-electron chi connectivity index (χ1n) is 7.25. The molecular weight excluding hydrogens is 518 g/mol. The summed E-state index contributed by atoms with van der Waals surface area (Å²) in [5, 5.41) is 12.5. The molecule has 0 spiro atoms. The van der Waals surface area contributed by atoms with Gasteiger partial charge in [-0.1, -0.05) is 17.7 Å². The van der Waals surface area contributed by atoms with Gasteiger partial charge in [-0.05, 0) is 87.4 Å². The summed E-state index contributed by atoms with van der Waals surface area (Å²) < 4.78 is 7.21. The lowest BCUT2D eigenvalue weighted by Gasteiger charge is -2.10. The second-order valence-corrected chi connectivity index (χ2v) is 7.33. The summed E-state index contributed by atoms with van der Waals surface area (Å²) in [6, 6.07) is 12.3. The van der Waals surface area contributed by atoms with Gasteiger partial charge in [0, 0.05) is 10.7 Å². The van der Waals surface area contributed by atoms with E-state index in [2.05, 4.69) is 43.8 Å². The minimum Gasteiger partial charge on any atom is -0.492 e. The predicted octanol–water partition coefficient (Wildman–Crippen LogP) is 5.65. The molecule has 1 N–H and O–H groups in total. The highest BCUT2D eigenvalue weighted by Gasteiger charge is 2.12. The Morgan fingerprint density at radius 3 is 2.80 bits per heavy atom. The summed E-state index contributed by atoms with van der Waals surface area (Å²) >= 11 is 11.5. The van der Waals surface area contributed by atoms with Crippen molar-refractivity contribution in [3.8, 4) is 11.8 Å². The SMILES string of the molecule is CCOc1c(Br)cc(/C=C(\C#N)C(=O)Nc2cccc(Cl)c2)cc1I. The third-order valence-electron chi connectivity index (χ3n) is 3.07. The van der Waals surface area contributed by atoms with Crippen molar-refractivity contribution in [2.75, 3.05) is 11.9 Å². The number of ether oxygens (including phenoxy) is 1. The van der Waals surface area contributed by atoms with Crippen LogP contribution in [0.3, 0.4) is 0 Å². The first-order chi connectivity index (χ1) is 11.9. The fraction of sp³-hybridized carbons (Fsp3) is 0.111. The fourth-order valence-corrected chi connectivity index (χ4v) is 3.98. The van der Waals surface area contributed by atoms with Crippen LogP contribution < -0.4 is 10.1 Å². The van der Waals surface area contributed by atoms with Crippen LogP contribution in [0.2, 0.25) is 5.02 Å². The van der Waals surface area contributed by atoms with Gasteiger partial charge in [-0.25, -0.2) is 0 Å². The van der Waals surface area contributed by atoms with E-state index in [1.807, 2.05) is 19.1 Å². The Labute approximate surface area is 173 Å². The van der Waals surface area contributed by atoms with Crippen molar-refractivity contribution in [3.63, 3.8) is 0 Å². The molecule has 2 aromatic carbocycles. The van der Waals surface area contributed by atoms with Gasteiger partial charge in [-0.2, -0.15) is 5.26 Å². The highest BCUT2D eigenvalue weighted by Crippen LogP contribution is 2.32. The largest absolute Gasteiger partial charge is 0.492 e. The number of carbonyl (C=O) groups is 1. The van der Waals surface area contributed by atoms with Crippen LogP contribution in [0.4, 0.5) is 5.69 Å². The molecule has 2 rings (SSSR count). The Morgan fingerprint density at radius 1 is 1.44 bits per heavy atom. The Kier molecular flexibility index (Phi) is 7.29. The first-order valence-corrected chi connectivity index (χ1v) is 9.50. The van der Waals surface area contributed by atoms with Gasteiger partial charge in [-0.3, -0.25) is 4.79 Å². The molecule has 0 radical (unpaired) electrons. The number of amides is 1. The predicted molar refractivity (Wildman–Crippen MR) is 112 cm³/mol. The molecule has 0 aliphatic carbocycles. The van der Waals surface area contributed by atoms with Crippen LogP contribution in [0.15, 0.2) is 46.4 Å². The molecule has 128 valence electrons. The molecule has 0 aromatic heterocycles. The number of anilines is 1. The summed E-state index contributed by atoms with van der Waals surface area (Å²) in [6.07, 6.45) is 1.53. The van der Waals surface area contributed by atoms with Gasteiger partial charge >= 0.3 is 0 Å². The number of hydrogen-bond donors (Lipinski definition) is 1. The molecule has 0 bridgehead atoms. The van der Waals surface area contributed by atoms with E-state index in [1.165, 1.54) is 6.08 Å². The highest BCUT2D eigenvalue weighted by atomic mass is 127. The summed E-state index contributed by atoms with van der Waals surface area (Å²) in [6.45, 7) is 2.46. The van der Waals surface area contributed by atoms with Crippen LogP contribution >= 0.6 is 50.1 Å². The van der Waals surface area contributed by atoms with Gasteiger partial charge in [0.1, 0.15) is 17.4 Å². The molecule has 0 saturated heterocycles. The monoisotopic (exact) mass is 530 g/mol. The molecule has 0 fully saturated rings. The number of nitrogens with zero attached hydrogens (tertiary/aromatic N) is 1. The maximum Gasteiger partial charge on any atom is 0.266 e. The number of hydrogen-bond acceptors (Lipinski definition) is 3. The van der Waals surface area contributed by atoms with Crippen LogP contribution in [0.25, 0.3) is 6.08 Å². The average Bonchev–Trinajstić information content (AvgIpc) is 2.56. The van der Waals surface area contributed by atoms with E-state index in [1.54, 1.807) is 30.3 Å². The van der Waals surface area contributed by atoms with E-state index in [-0.39, 0.29) is 5.57 Å². The summed E-state index contributed by atoms with van der Waals surface area (Å²) in [5.74, 6) is 0.243. The zero-order chi connectivity index (χ0) is 18.4. The van der Waals surface area contributed by atoms with Gasteiger partial charge in [0.2, 0.25) is 0 Å². The van der Waals surface area contributed by atoms with Gasteiger partial charge in [0.05, 0.1) is 14.6 Å². The van der Waals surface area contributed by atoms with Crippen molar-refractivity contribution in [2.45, 2.75) is 6.92 Å². The number of nitrogens with one attached hydrogen (secondary N) is 1. The molecule has 0 aliphatic rings. The molecule has 0 unspecified atom stereocenters. The molecule has 25 heavy (non-hydrogen) atoms. The standard InChI is InChI=1S/C18H13BrClIN2O2/c1-2-25-17-15(19)7-11(8-16(17)21)6-12(10-22)18(24)23-14-5-3-4-13(20)9-14/h3-9H,2H2,1H3,(H,23,24)/b12-6+. The Balaban J connectivity index is 2.28. The Hall–Kier alpha value is -1.56. The van der Waals surface area contributed by atoms with Crippen LogP contribution in [0.1, 0.15) is 12.5 Å². The van der Waals surface area contributed by atoms with E-state index >= 15 is 0 Å². The van der Waals surface area contributed by atoms with Crippen LogP contribution in [-0.2, 0) is 4.79 Å². The lowest BCUT2D eigenvalue weighted by Crippen LogP contribution is -2.13. The average molecular weight is 532 g/mol. The topological polar surface area (TPSA) is 62.1 Å². The Bertz CT molecular complexity index is 855. The van der Waals surface area contributed by atoms with Crippen LogP contribution in [0.5, 0.6) is 5.75 Å². The lowest BCUT2D eigenvalue weighted by molar-refractivity contribution is -0.112. The van der Waals surface area contributed by atoms with Gasteiger partial charge in [0.15, 0.2) is 0 Å². The molecular formula is C18H13BrClIN2O2. The molecule has 1 amide bonds. The maximum atomic E-state index is 12.3. The summed E-state index contributed by atoms with van der Waals surface area (Å²) in [4.78, 5) is 12.3. The minimum atomic E-state index is -0.496. The third-order valence-corrected chi connectivity index (χ3v) is 4.69. The highest BCUT2D eigenvalue weighted by molar-refractivity contribution is 14.1. The zero-order valence-electron chi connectivity index (χ0n) is 13.1. The number of halogens is 3. The van der Waals surface area contributed by atoms with Crippen LogP contribution in [0, 0.1) is 14.9 Å². The number of benzene rings is 2. The number of rotatable bonds is 5. The van der Waals surface area contributed by atoms with Crippen molar-refractivity contribution in [3.05, 3.63) is 60.6 Å².